The fourth-order valence-electron chi connectivity index (χ4n) is 2.11. The molecule has 1 saturated heterocycles. The molecule has 2 heterocycles. The summed E-state index contributed by atoms with van der Waals surface area (Å²) in [5.41, 5.74) is 1.43. The first-order valence-corrected chi connectivity index (χ1v) is 5.23. The van der Waals surface area contributed by atoms with E-state index in [1.54, 1.807) is 0 Å². The number of hydrogen-bond acceptors (Lipinski definition) is 2. The minimum atomic E-state index is 0.111. The molecule has 14 heavy (non-hydrogen) atoms. The van der Waals surface area contributed by atoms with Gasteiger partial charge in [-0.2, -0.15) is 0 Å². The smallest absolute Gasteiger partial charge is 0.0667 e. The minimum absolute atomic E-state index is 0.111. The normalized spacial score (nSPS) is 22.6. The first-order valence-electron chi connectivity index (χ1n) is 5.23. The van der Waals surface area contributed by atoms with Gasteiger partial charge >= 0.3 is 0 Å². The molecule has 0 radical (unpaired) electrons. The lowest BCUT2D eigenvalue weighted by molar-refractivity contribution is 0.0571. The van der Waals surface area contributed by atoms with Crippen LogP contribution in [-0.4, -0.2) is 17.7 Å². The molecule has 0 spiro atoms. The fourth-order valence-corrected chi connectivity index (χ4v) is 2.11. The van der Waals surface area contributed by atoms with Crippen LogP contribution >= 0.6 is 0 Å². The Balaban J connectivity index is 2.22. The second-order valence-electron chi connectivity index (χ2n) is 4.46. The Labute approximate surface area is 85.3 Å². The van der Waals surface area contributed by atoms with Crippen molar-refractivity contribution in [2.45, 2.75) is 38.2 Å². The zero-order valence-electron chi connectivity index (χ0n) is 8.86. The summed E-state index contributed by atoms with van der Waals surface area (Å²) in [6.07, 6.45) is 6.44. The number of rotatable bonds is 2. The SMILES string of the molecule is CC(C)(c1ccncc1)C1CCCO1. The number of hydrogen-bond donors (Lipinski definition) is 0. The molecule has 76 valence electrons. The Morgan fingerprint density at radius 3 is 2.64 bits per heavy atom. The highest BCUT2D eigenvalue weighted by atomic mass is 16.5. The molecule has 2 rings (SSSR count). The van der Waals surface area contributed by atoms with Crippen molar-refractivity contribution in [3.05, 3.63) is 30.1 Å². The van der Waals surface area contributed by atoms with Gasteiger partial charge < -0.3 is 4.74 Å². The van der Waals surface area contributed by atoms with Crippen molar-refractivity contribution in [2.75, 3.05) is 6.61 Å². The van der Waals surface area contributed by atoms with E-state index in [4.69, 9.17) is 4.74 Å². The van der Waals surface area contributed by atoms with E-state index in [2.05, 4.69) is 31.0 Å². The van der Waals surface area contributed by atoms with E-state index in [9.17, 15) is 0 Å². The predicted molar refractivity (Wildman–Crippen MR) is 56.2 cm³/mol. The van der Waals surface area contributed by atoms with Crippen LogP contribution in [0.15, 0.2) is 24.5 Å². The van der Waals surface area contributed by atoms with E-state index in [-0.39, 0.29) is 5.41 Å². The van der Waals surface area contributed by atoms with Crippen LogP contribution in [0.2, 0.25) is 0 Å². The molecule has 0 aliphatic carbocycles. The second-order valence-corrected chi connectivity index (χ2v) is 4.46. The summed E-state index contributed by atoms with van der Waals surface area (Å²) in [7, 11) is 0. The molecular weight excluding hydrogens is 174 g/mol. The van der Waals surface area contributed by atoms with Gasteiger partial charge in [0.1, 0.15) is 0 Å². The highest BCUT2D eigenvalue weighted by molar-refractivity contribution is 5.22. The first-order chi connectivity index (χ1) is 6.71. The Kier molecular flexibility index (Phi) is 2.55. The van der Waals surface area contributed by atoms with Crippen LogP contribution in [0.25, 0.3) is 0 Å². The third-order valence-corrected chi connectivity index (χ3v) is 3.16. The average molecular weight is 191 g/mol. The molecule has 1 fully saturated rings. The predicted octanol–water partition coefficient (Wildman–Crippen LogP) is 2.54. The molecule has 1 aliphatic rings. The van der Waals surface area contributed by atoms with Gasteiger partial charge in [-0.1, -0.05) is 13.8 Å². The van der Waals surface area contributed by atoms with Crippen LogP contribution in [0, 0.1) is 0 Å². The van der Waals surface area contributed by atoms with E-state index in [1.165, 1.54) is 18.4 Å². The monoisotopic (exact) mass is 191 g/mol. The summed E-state index contributed by atoms with van der Waals surface area (Å²) in [5.74, 6) is 0. The van der Waals surface area contributed by atoms with Crippen molar-refractivity contribution >= 4 is 0 Å². The van der Waals surface area contributed by atoms with E-state index >= 15 is 0 Å². The van der Waals surface area contributed by atoms with Gasteiger partial charge in [-0.25, -0.2) is 0 Å². The lowest BCUT2D eigenvalue weighted by Crippen LogP contribution is -2.33. The maximum absolute atomic E-state index is 5.75. The highest BCUT2D eigenvalue weighted by Crippen LogP contribution is 2.33. The molecule has 2 heteroatoms. The van der Waals surface area contributed by atoms with Crippen LogP contribution in [-0.2, 0) is 10.2 Å². The van der Waals surface area contributed by atoms with Gasteiger partial charge in [0.05, 0.1) is 6.10 Å². The van der Waals surface area contributed by atoms with Gasteiger partial charge in [-0.3, -0.25) is 4.98 Å². The second kappa shape index (κ2) is 3.70. The zero-order chi connectivity index (χ0) is 10.0. The van der Waals surface area contributed by atoms with Crippen LogP contribution < -0.4 is 0 Å². The molecule has 0 bridgehead atoms. The van der Waals surface area contributed by atoms with Crippen molar-refractivity contribution in [3.63, 3.8) is 0 Å². The van der Waals surface area contributed by atoms with Crippen molar-refractivity contribution in [1.29, 1.82) is 0 Å². The zero-order valence-corrected chi connectivity index (χ0v) is 8.86. The maximum Gasteiger partial charge on any atom is 0.0667 e. The molecule has 1 aromatic heterocycles. The Morgan fingerprint density at radius 2 is 2.07 bits per heavy atom. The van der Waals surface area contributed by atoms with Crippen LogP contribution in [0.3, 0.4) is 0 Å². The fraction of sp³-hybridized carbons (Fsp3) is 0.583. The van der Waals surface area contributed by atoms with Crippen LogP contribution in [0.1, 0.15) is 32.3 Å². The van der Waals surface area contributed by atoms with E-state index in [1.807, 2.05) is 12.4 Å². The molecule has 0 aromatic carbocycles. The number of nitrogens with zero attached hydrogens (tertiary/aromatic N) is 1. The van der Waals surface area contributed by atoms with Crippen LogP contribution in [0.4, 0.5) is 0 Å². The standard InChI is InChI=1S/C12H17NO/c1-12(2,11-4-3-9-14-11)10-5-7-13-8-6-10/h5-8,11H,3-4,9H2,1-2H3. The third kappa shape index (κ3) is 1.67. The Bertz CT molecular complexity index is 288. The van der Waals surface area contributed by atoms with E-state index in [0.717, 1.165) is 6.61 Å². The number of pyridine rings is 1. The molecule has 2 nitrogen and oxygen atoms in total. The van der Waals surface area contributed by atoms with Gasteiger partial charge in [0.15, 0.2) is 0 Å². The first kappa shape index (κ1) is 9.66. The molecule has 1 aliphatic heterocycles. The molecule has 0 N–H and O–H groups in total. The minimum Gasteiger partial charge on any atom is -0.377 e. The van der Waals surface area contributed by atoms with Crippen molar-refractivity contribution in [3.8, 4) is 0 Å². The quantitative estimate of drug-likeness (QED) is 0.716. The van der Waals surface area contributed by atoms with Gasteiger partial charge in [0.25, 0.3) is 0 Å². The maximum atomic E-state index is 5.75. The largest absolute Gasteiger partial charge is 0.377 e. The number of ether oxygens (including phenoxy) is 1. The summed E-state index contributed by atoms with van der Waals surface area (Å²) in [6, 6.07) is 4.17. The highest BCUT2D eigenvalue weighted by Gasteiger charge is 2.34. The van der Waals surface area contributed by atoms with Gasteiger partial charge in [-0.15, -0.1) is 0 Å². The van der Waals surface area contributed by atoms with Gasteiger partial charge in [0.2, 0.25) is 0 Å². The topological polar surface area (TPSA) is 22.1 Å². The van der Waals surface area contributed by atoms with Gasteiger partial charge in [0, 0.05) is 24.4 Å². The molecule has 1 aromatic rings. The summed E-state index contributed by atoms with van der Waals surface area (Å²) < 4.78 is 5.75. The summed E-state index contributed by atoms with van der Waals surface area (Å²) >= 11 is 0. The Hall–Kier alpha value is -0.890. The molecule has 0 saturated carbocycles. The van der Waals surface area contributed by atoms with Crippen molar-refractivity contribution in [1.82, 2.24) is 4.98 Å². The van der Waals surface area contributed by atoms with Crippen molar-refractivity contribution in [2.24, 2.45) is 0 Å². The molecule has 0 amide bonds. The summed E-state index contributed by atoms with van der Waals surface area (Å²) in [6.45, 7) is 5.41. The average Bonchev–Trinajstić information content (AvgIpc) is 2.72. The van der Waals surface area contributed by atoms with Crippen LogP contribution in [0.5, 0.6) is 0 Å². The number of aromatic nitrogens is 1. The Morgan fingerprint density at radius 1 is 1.36 bits per heavy atom. The summed E-state index contributed by atoms with van der Waals surface area (Å²) in [4.78, 5) is 4.04. The molecule has 1 atom stereocenters. The van der Waals surface area contributed by atoms with Crippen molar-refractivity contribution < 1.29 is 4.74 Å². The van der Waals surface area contributed by atoms with E-state index in [0.29, 0.717) is 6.10 Å². The molecule has 1 unspecified atom stereocenters. The van der Waals surface area contributed by atoms with Gasteiger partial charge in [-0.05, 0) is 30.5 Å². The summed E-state index contributed by atoms with van der Waals surface area (Å²) in [5, 5.41) is 0. The third-order valence-electron chi connectivity index (χ3n) is 3.16. The van der Waals surface area contributed by atoms with E-state index < -0.39 is 0 Å². The lowest BCUT2D eigenvalue weighted by Gasteiger charge is -2.31. The lowest BCUT2D eigenvalue weighted by atomic mass is 9.79. The molecular formula is C12H17NO.